The van der Waals surface area contributed by atoms with Crippen molar-refractivity contribution >= 4 is 37.5 Å². The fraction of sp³-hybridized carbons (Fsp3) is 0.356. The summed E-state index contributed by atoms with van der Waals surface area (Å²) in [6.07, 6.45) is 21.1. The maximum absolute atomic E-state index is 13.7. The number of carbonyl (C=O) groups is 2. The van der Waals surface area contributed by atoms with Crippen molar-refractivity contribution in [1.29, 1.82) is 0 Å². The minimum atomic E-state index is -0.875. The minimum absolute atomic E-state index is 0.00806. The molecule has 6 rings (SSSR count). The average molecular weight is 817 g/mol. The zero-order valence-corrected chi connectivity index (χ0v) is 35.1. The van der Waals surface area contributed by atoms with E-state index in [9.17, 15) is 27.2 Å². The molecule has 0 spiro atoms. The molecule has 13 heteroatoms. The zero-order chi connectivity index (χ0) is 42.9. The molecule has 1 amide bonds. The van der Waals surface area contributed by atoms with Gasteiger partial charge in [-0.05, 0) is 118 Å². The predicted octanol–water partition coefficient (Wildman–Crippen LogP) is 9.37. The number of allylic oxidation sites excluding steroid dienone is 4. The molecule has 58 heavy (non-hydrogen) atoms. The summed E-state index contributed by atoms with van der Waals surface area (Å²) in [4.78, 5) is 29.7. The fourth-order valence-electron chi connectivity index (χ4n) is 6.81. The summed E-state index contributed by atoms with van der Waals surface area (Å²) in [6.45, 7) is 11.6. The number of aromatic nitrogens is 3. The number of ketones is 1. The van der Waals surface area contributed by atoms with Gasteiger partial charge in [0.2, 0.25) is 5.91 Å². The third-order valence-corrected chi connectivity index (χ3v) is 10.1. The average Bonchev–Trinajstić information content (AvgIpc) is 3.88. The maximum atomic E-state index is 13.7. The fourth-order valence-corrected chi connectivity index (χ4v) is 7.14. The van der Waals surface area contributed by atoms with E-state index in [1.165, 1.54) is 19.1 Å². The maximum Gasteiger partial charge on any atom is 0.224 e. The van der Waals surface area contributed by atoms with Crippen LogP contribution in [0.25, 0.3) is 5.57 Å². The molecule has 0 aliphatic carbocycles. The Hall–Kier alpha value is -5.40. The van der Waals surface area contributed by atoms with Crippen LogP contribution >= 0.6 is 9.24 Å². The van der Waals surface area contributed by atoms with Crippen LogP contribution in [-0.4, -0.2) is 50.2 Å². The van der Waals surface area contributed by atoms with E-state index in [4.69, 9.17) is 0 Å². The molecular weight excluding hydrogens is 764 g/mol. The van der Waals surface area contributed by atoms with E-state index >= 15 is 0 Å². The predicted molar refractivity (Wildman–Crippen MR) is 227 cm³/mol. The highest BCUT2D eigenvalue weighted by Crippen LogP contribution is 2.32. The summed E-state index contributed by atoms with van der Waals surface area (Å²) in [5.41, 5.74) is 9.86. The summed E-state index contributed by atoms with van der Waals surface area (Å²) in [6, 6.07) is 11.5. The highest BCUT2D eigenvalue weighted by Gasteiger charge is 2.34. The van der Waals surface area contributed by atoms with E-state index in [2.05, 4.69) is 59.9 Å². The number of rotatable bonds is 10. The summed E-state index contributed by atoms with van der Waals surface area (Å²) >= 11 is 0. The van der Waals surface area contributed by atoms with Crippen molar-refractivity contribution < 1.29 is 27.2 Å². The van der Waals surface area contributed by atoms with E-state index in [0.29, 0.717) is 36.9 Å². The third-order valence-electron chi connectivity index (χ3n) is 9.67. The summed E-state index contributed by atoms with van der Waals surface area (Å²) in [5.74, 6) is -3.41. The van der Waals surface area contributed by atoms with Gasteiger partial charge in [0.1, 0.15) is 11.9 Å². The highest BCUT2D eigenvalue weighted by atomic mass is 31.0. The number of nitrogens with zero attached hydrogens (tertiary/aromatic N) is 4. The second kappa shape index (κ2) is 23.1. The van der Waals surface area contributed by atoms with E-state index in [0.717, 1.165) is 46.6 Å². The van der Waals surface area contributed by atoms with Gasteiger partial charge in [-0.15, -0.1) is 22.1 Å². The van der Waals surface area contributed by atoms with Crippen molar-refractivity contribution in [2.24, 2.45) is 5.10 Å². The molecule has 4 unspecified atom stereocenters. The molecule has 0 bridgehead atoms. The summed E-state index contributed by atoms with van der Waals surface area (Å²) < 4.78 is 53.7. The number of H-pyrrole nitrogens is 1. The van der Waals surface area contributed by atoms with Gasteiger partial charge in [-0.3, -0.25) is 20.3 Å². The molecule has 1 fully saturated rings. The van der Waals surface area contributed by atoms with Crippen molar-refractivity contribution in [2.45, 2.75) is 98.1 Å². The van der Waals surface area contributed by atoms with Gasteiger partial charge >= 0.3 is 0 Å². The van der Waals surface area contributed by atoms with Crippen LogP contribution in [0.4, 0.5) is 17.6 Å². The molecule has 4 aromatic rings. The van der Waals surface area contributed by atoms with Crippen LogP contribution in [0.15, 0.2) is 78.2 Å². The van der Waals surface area contributed by atoms with Gasteiger partial charge < -0.3 is 9.69 Å². The lowest BCUT2D eigenvalue weighted by Gasteiger charge is -2.35. The number of aryl methyl sites for hydroxylation is 2. The number of halogens is 4. The second-order valence-corrected chi connectivity index (χ2v) is 14.7. The number of Topliss-reactive ketones (excluding diaryl/α,β-unsaturated/α-hetero) is 1. The number of hydrogen-bond acceptors (Lipinski definition) is 6. The first-order valence-corrected chi connectivity index (χ1v) is 19.7. The number of hydrazone groups is 1. The Morgan fingerprint density at radius 1 is 1.02 bits per heavy atom. The van der Waals surface area contributed by atoms with Gasteiger partial charge in [-0.2, -0.15) is 10.2 Å². The standard InChI is InChI=1S/C19H19F2N4OP.C14H18F2O.C10H14N2.C2H2/c20-14-7-13(8-16(27)19(14)21)12-3-6-25(18(26)9-12)17-10-15(23-24-17)11-1-4-22-5-2-11;1-4-5-11(7-10(3)17)12-6-9(2)14(16)13(15)8-12;1-4-6-9(5-2)10-7-8(3)11-12-10;1-2/h1-2,4-5,7-8,12,17,24H,3,6,9-10,27H2;6,8,11H,4-5,7H2,1-3H3;4-7H,1-3H3,(H,11,12);1-2H/b;;6-4-,9-5+;. The Balaban J connectivity index is 0.000000249. The van der Waals surface area contributed by atoms with E-state index in [1.54, 1.807) is 36.4 Å². The molecule has 0 saturated carbocycles. The topological polar surface area (TPSA) is 103 Å². The minimum Gasteiger partial charge on any atom is -0.321 e. The lowest BCUT2D eigenvalue weighted by atomic mass is 9.88. The van der Waals surface area contributed by atoms with E-state index in [1.807, 2.05) is 52.0 Å². The molecular formula is C45H53F4N6O2P. The Bertz CT molecular complexity index is 2070. The number of hydrogen-bond donors (Lipinski definition) is 2. The first-order chi connectivity index (χ1) is 27.8. The number of benzene rings is 2. The van der Waals surface area contributed by atoms with Gasteiger partial charge in [-0.25, -0.2) is 17.6 Å². The molecule has 4 atom stereocenters. The van der Waals surface area contributed by atoms with Crippen molar-refractivity contribution in [3.05, 3.63) is 130 Å². The molecule has 4 heterocycles. The molecule has 2 aliphatic heterocycles. The van der Waals surface area contributed by atoms with Crippen LogP contribution in [0, 0.1) is 50.0 Å². The van der Waals surface area contributed by atoms with Gasteiger partial charge in [0.25, 0.3) is 0 Å². The Kier molecular flexibility index (Phi) is 18.7. The number of amides is 1. The first kappa shape index (κ1) is 47.0. The van der Waals surface area contributed by atoms with E-state index < -0.39 is 23.3 Å². The van der Waals surface area contributed by atoms with Crippen LogP contribution in [0.3, 0.4) is 0 Å². The van der Waals surface area contributed by atoms with Crippen LogP contribution in [0.2, 0.25) is 0 Å². The summed E-state index contributed by atoms with van der Waals surface area (Å²) in [5, 5.41) is 11.6. The smallest absolute Gasteiger partial charge is 0.224 e. The molecule has 0 radical (unpaired) electrons. The van der Waals surface area contributed by atoms with Gasteiger partial charge in [0.05, 0.1) is 11.4 Å². The van der Waals surface area contributed by atoms with Gasteiger partial charge in [0, 0.05) is 54.8 Å². The molecule has 8 nitrogen and oxygen atoms in total. The number of piperidine rings is 1. The van der Waals surface area contributed by atoms with Crippen molar-refractivity contribution in [3.63, 3.8) is 0 Å². The Morgan fingerprint density at radius 2 is 1.71 bits per heavy atom. The summed E-state index contributed by atoms with van der Waals surface area (Å²) in [7, 11) is 2.20. The molecule has 2 aromatic carbocycles. The van der Waals surface area contributed by atoms with Crippen molar-refractivity contribution in [3.8, 4) is 12.8 Å². The first-order valence-electron chi connectivity index (χ1n) is 19.1. The largest absolute Gasteiger partial charge is 0.321 e. The SMILES string of the molecule is C#C.C/C=C\C(=C/C)c1cc(C)[nH]n1.CCCC(CC(C)=O)c1cc(C)c(F)c(F)c1.O=C1CC(c2cc(F)c(F)c(P)c2)CCN1C1CC(c2ccncc2)=NN1. The van der Waals surface area contributed by atoms with Crippen LogP contribution < -0.4 is 10.7 Å². The van der Waals surface area contributed by atoms with Crippen LogP contribution in [-0.2, 0) is 9.59 Å². The number of terminal acetylenes is 1. The third kappa shape index (κ3) is 13.1. The van der Waals surface area contributed by atoms with Gasteiger partial charge in [-0.1, -0.05) is 37.6 Å². The van der Waals surface area contributed by atoms with Crippen molar-refractivity contribution in [2.75, 3.05) is 6.54 Å². The Labute approximate surface area is 341 Å². The molecule has 2 N–H and O–H groups in total. The Morgan fingerprint density at radius 3 is 2.26 bits per heavy atom. The van der Waals surface area contributed by atoms with E-state index in [-0.39, 0.29) is 41.4 Å². The van der Waals surface area contributed by atoms with Crippen LogP contribution in [0.1, 0.15) is 112 Å². The van der Waals surface area contributed by atoms with Crippen molar-refractivity contribution in [1.82, 2.24) is 25.5 Å². The van der Waals surface area contributed by atoms with Gasteiger partial charge in [0.15, 0.2) is 23.3 Å². The molecule has 308 valence electrons. The number of nitrogens with one attached hydrogen (secondary N) is 2. The molecule has 1 saturated heterocycles. The number of pyridine rings is 1. The normalized spacial score (nSPS) is 16.8. The monoisotopic (exact) mass is 816 g/mol. The van der Waals surface area contributed by atoms with Crippen LogP contribution in [0.5, 0.6) is 0 Å². The number of likely N-dealkylation sites (tertiary alicyclic amines) is 1. The number of aromatic amines is 1. The lowest BCUT2D eigenvalue weighted by Crippen LogP contribution is -2.49. The highest BCUT2D eigenvalue weighted by molar-refractivity contribution is 7.27. The molecule has 2 aromatic heterocycles. The zero-order valence-electron chi connectivity index (χ0n) is 34.0. The quantitative estimate of drug-likeness (QED) is 0.0719. The second-order valence-electron chi connectivity index (χ2n) is 14.0. The molecule has 2 aliphatic rings. The number of carbonyl (C=O) groups excluding carboxylic acids is 2. The lowest BCUT2D eigenvalue weighted by molar-refractivity contribution is -0.136.